The van der Waals surface area contributed by atoms with E-state index in [1.165, 1.54) is 6.07 Å². The number of nitrogens with zero attached hydrogens (tertiary/aromatic N) is 6. The van der Waals surface area contributed by atoms with Crippen molar-refractivity contribution in [3.63, 3.8) is 0 Å². The Bertz CT molecular complexity index is 819. The molecule has 0 atom stereocenters. The van der Waals surface area contributed by atoms with Crippen LogP contribution in [0.2, 0.25) is 0 Å². The van der Waals surface area contributed by atoms with Gasteiger partial charge in [0, 0.05) is 29.3 Å². The maximum atomic E-state index is 9.10. The molecule has 0 aliphatic rings. The molecular formula is C16H9N6Na. The fraction of sp³-hybridized carbons (Fsp3) is 0.188. The van der Waals surface area contributed by atoms with E-state index in [0.29, 0.717) is 33.5 Å². The molecule has 2 rings (SSSR count). The Morgan fingerprint density at radius 2 is 1.43 bits per heavy atom. The zero-order chi connectivity index (χ0) is 16.3. The van der Waals surface area contributed by atoms with Crippen LogP contribution in [0.15, 0.2) is 12.1 Å². The summed E-state index contributed by atoms with van der Waals surface area (Å²) in [6, 6.07) is 10.5. The molecule has 0 saturated carbocycles. The van der Waals surface area contributed by atoms with Crippen molar-refractivity contribution in [3.05, 3.63) is 40.6 Å². The zero-order valence-corrected chi connectivity index (χ0v) is 14.9. The van der Waals surface area contributed by atoms with Crippen LogP contribution in [0.4, 0.5) is 0 Å². The minimum Gasteiger partial charge on any atom is -0.313 e. The smallest absolute Gasteiger partial charge is 0.313 e. The van der Waals surface area contributed by atoms with Gasteiger partial charge in [-0.3, -0.25) is 4.98 Å². The zero-order valence-electron chi connectivity index (χ0n) is 12.9. The summed E-state index contributed by atoms with van der Waals surface area (Å²) in [5, 5.41) is 36.3. The first-order chi connectivity index (χ1) is 10.6. The summed E-state index contributed by atoms with van der Waals surface area (Å²) in [5.74, 6) is -1.07. The maximum Gasteiger partial charge on any atom is 1.00 e. The van der Waals surface area contributed by atoms with Gasteiger partial charge in [0.05, 0.1) is 17.8 Å². The molecule has 1 aromatic carbocycles. The molecule has 7 heteroatoms. The summed E-state index contributed by atoms with van der Waals surface area (Å²) in [7, 11) is 0. The van der Waals surface area contributed by atoms with Gasteiger partial charge in [-0.25, -0.2) is 10.5 Å². The van der Waals surface area contributed by atoms with Crippen molar-refractivity contribution in [2.45, 2.75) is 19.8 Å². The largest absolute Gasteiger partial charge is 1.00 e. The summed E-state index contributed by atoms with van der Waals surface area (Å²) >= 11 is 0. The molecule has 2 aromatic rings. The van der Waals surface area contributed by atoms with Crippen LogP contribution in [-0.2, 0) is 0 Å². The van der Waals surface area contributed by atoms with Crippen molar-refractivity contribution in [1.29, 1.82) is 21.0 Å². The molecule has 0 fully saturated rings. The fourth-order valence-corrected chi connectivity index (χ4v) is 2.07. The van der Waals surface area contributed by atoms with Gasteiger partial charge in [0.15, 0.2) is 5.92 Å². The normalized spacial score (nSPS) is 9.17. The van der Waals surface area contributed by atoms with Crippen LogP contribution in [0.25, 0.3) is 11.0 Å². The van der Waals surface area contributed by atoms with Crippen molar-refractivity contribution in [2.24, 2.45) is 0 Å². The third kappa shape index (κ3) is 3.26. The van der Waals surface area contributed by atoms with Gasteiger partial charge in [-0.1, -0.05) is 0 Å². The Morgan fingerprint density at radius 3 is 1.91 bits per heavy atom. The van der Waals surface area contributed by atoms with Crippen molar-refractivity contribution < 1.29 is 29.6 Å². The molecule has 0 radical (unpaired) electrons. The summed E-state index contributed by atoms with van der Waals surface area (Å²) < 4.78 is 0. The summed E-state index contributed by atoms with van der Waals surface area (Å²) in [6.45, 7) is 3.54. The van der Waals surface area contributed by atoms with Crippen molar-refractivity contribution >= 4 is 11.0 Å². The van der Waals surface area contributed by atoms with E-state index in [1.807, 2.05) is 24.3 Å². The van der Waals surface area contributed by atoms with Gasteiger partial charge < -0.3 is 4.98 Å². The summed E-state index contributed by atoms with van der Waals surface area (Å²) in [4.78, 5) is 8.81. The first kappa shape index (κ1) is 18.4. The quantitative estimate of drug-likeness (QED) is 0.537. The van der Waals surface area contributed by atoms with Gasteiger partial charge in [0.25, 0.3) is 0 Å². The van der Waals surface area contributed by atoms with Gasteiger partial charge in [0.1, 0.15) is 0 Å². The fourth-order valence-electron chi connectivity index (χ4n) is 2.07. The minimum atomic E-state index is -0.986. The van der Waals surface area contributed by atoms with Crippen LogP contribution in [0, 0.1) is 65.1 Å². The Morgan fingerprint density at radius 1 is 0.913 bits per heavy atom. The molecule has 0 aliphatic heterocycles. The molecule has 0 N–H and O–H groups in total. The Hall–Kier alpha value is -2.61. The van der Waals surface area contributed by atoms with Gasteiger partial charge in [-0.2, -0.15) is 16.6 Å². The number of rotatable bonds is 2. The molecule has 0 spiro atoms. The molecule has 104 valence electrons. The van der Waals surface area contributed by atoms with E-state index in [4.69, 9.17) is 21.0 Å². The SMILES string of the molecule is Cc1nc2c([C-](C#N)C#N)ccc(C(C#N)C#N)c2nc1C.[Na+]. The van der Waals surface area contributed by atoms with E-state index in [2.05, 4.69) is 9.97 Å². The van der Waals surface area contributed by atoms with Crippen LogP contribution >= 0.6 is 0 Å². The van der Waals surface area contributed by atoms with Crippen molar-refractivity contribution in [1.82, 2.24) is 9.97 Å². The first-order valence-electron chi connectivity index (χ1n) is 6.32. The topological polar surface area (TPSA) is 121 Å². The molecule has 0 bridgehead atoms. The number of fused-ring (bicyclic) bond motifs is 1. The number of aromatic nitrogens is 2. The average molecular weight is 308 g/mol. The number of hydrogen-bond acceptors (Lipinski definition) is 6. The Kier molecular flexibility index (Phi) is 6.09. The van der Waals surface area contributed by atoms with Gasteiger partial charge >= 0.3 is 29.6 Å². The number of benzene rings is 1. The van der Waals surface area contributed by atoms with Crippen LogP contribution in [0.3, 0.4) is 0 Å². The van der Waals surface area contributed by atoms with Crippen LogP contribution < -0.4 is 29.6 Å². The predicted octanol–water partition coefficient (Wildman–Crippen LogP) is -0.649. The first-order valence-corrected chi connectivity index (χ1v) is 6.32. The van der Waals surface area contributed by atoms with Crippen molar-refractivity contribution in [3.8, 4) is 24.3 Å². The van der Waals surface area contributed by atoms with Crippen LogP contribution in [0.1, 0.15) is 28.4 Å². The van der Waals surface area contributed by atoms with Gasteiger partial charge in [-0.05, 0) is 24.9 Å². The third-order valence-corrected chi connectivity index (χ3v) is 3.33. The van der Waals surface area contributed by atoms with Crippen molar-refractivity contribution in [2.75, 3.05) is 0 Å². The van der Waals surface area contributed by atoms with E-state index in [9.17, 15) is 0 Å². The summed E-state index contributed by atoms with van der Waals surface area (Å²) in [6.07, 6.45) is 0. The van der Waals surface area contributed by atoms with Crippen LogP contribution in [0.5, 0.6) is 0 Å². The van der Waals surface area contributed by atoms with E-state index < -0.39 is 5.92 Å². The molecule has 0 amide bonds. The second-order valence-electron chi connectivity index (χ2n) is 4.58. The molecular weight excluding hydrogens is 299 g/mol. The number of aryl methyl sites for hydroxylation is 2. The molecule has 1 aromatic heterocycles. The maximum absolute atomic E-state index is 9.10. The summed E-state index contributed by atoms with van der Waals surface area (Å²) in [5.41, 5.74) is 2.83. The molecule has 6 nitrogen and oxygen atoms in total. The van der Waals surface area contributed by atoms with E-state index in [1.54, 1.807) is 19.9 Å². The van der Waals surface area contributed by atoms with E-state index >= 15 is 0 Å². The predicted molar refractivity (Wildman–Crippen MR) is 76.6 cm³/mol. The Balaban J connectivity index is 0.00000264. The second-order valence-corrected chi connectivity index (χ2v) is 4.58. The molecule has 1 heterocycles. The van der Waals surface area contributed by atoms with Gasteiger partial charge in [-0.15, -0.1) is 11.6 Å². The second kappa shape index (κ2) is 7.59. The molecule has 0 unspecified atom stereocenters. The monoisotopic (exact) mass is 308 g/mol. The average Bonchev–Trinajstić information content (AvgIpc) is 2.52. The molecule has 23 heavy (non-hydrogen) atoms. The van der Waals surface area contributed by atoms with E-state index in [-0.39, 0.29) is 35.5 Å². The van der Waals surface area contributed by atoms with E-state index in [0.717, 1.165) is 0 Å². The number of nitriles is 4. The van der Waals surface area contributed by atoms with Crippen LogP contribution in [-0.4, -0.2) is 9.97 Å². The number of hydrogen-bond donors (Lipinski definition) is 0. The standard InChI is InChI=1S/C16H9N6.Na/c1-9-10(2)22-16-14(12(7-19)8-20)4-3-13(15(16)21-9)11(5-17)6-18;/h3-4,11H,1-2H3;/q-1;+1. The molecule has 0 aliphatic carbocycles. The molecule has 0 saturated heterocycles. The van der Waals surface area contributed by atoms with Gasteiger partial charge in [0.2, 0.25) is 0 Å². The Labute approximate surface area is 155 Å². The third-order valence-electron chi connectivity index (χ3n) is 3.33. The minimum absolute atomic E-state index is 0.